The van der Waals surface area contributed by atoms with Gasteiger partial charge in [-0.3, -0.25) is 4.90 Å². The van der Waals surface area contributed by atoms with Crippen molar-refractivity contribution < 1.29 is 0 Å². The third kappa shape index (κ3) is 2.65. The van der Waals surface area contributed by atoms with Crippen LogP contribution in [-0.4, -0.2) is 33.0 Å². The highest BCUT2D eigenvalue weighted by Crippen LogP contribution is 2.45. The number of fused-ring (bicyclic) bond motifs is 1. The molecule has 0 N–H and O–H groups in total. The summed E-state index contributed by atoms with van der Waals surface area (Å²) in [5, 5.41) is 9.16. The molecule has 0 spiro atoms. The van der Waals surface area contributed by atoms with Gasteiger partial charge in [0.1, 0.15) is 11.2 Å². The molecule has 1 aromatic heterocycles. The molecule has 1 aromatic carbocycles. The Kier molecular flexibility index (Phi) is 4.11. The molecule has 1 saturated carbocycles. The van der Waals surface area contributed by atoms with E-state index >= 15 is 0 Å². The molecule has 130 valence electrons. The van der Waals surface area contributed by atoms with Crippen LogP contribution in [0.2, 0.25) is 0 Å². The van der Waals surface area contributed by atoms with Gasteiger partial charge >= 0.3 is 0 Å². The van der Waals surface area contributed by atoms with E-state index in [1.54, 1.807) is 0 Å². The summed E-state index contributed by atoms with van der Waals surface area (Å²) < 4.78 is 2.28. The summed E-state index contributed by atoms with van der Waals surface area (Å²) in [6, 6.07) is 8.45. The Balaban J connectivity index is 1.81. The van der Waals surface area contributed by atoms with Crippen LogP contribution in [0, 0.1) is 17.8 Å². The molecule has 2 heterocycles. The number of likely N-dealkylation sites (tertiary alicyclic amines) is 1. The zero-order valence-corrected chi connectivity index (χ0v) is 15.3. The van der Waals surface area contributed by atoms with Crippen molar-refractivity contribution in [3.8, 4) is 0 Å². The van der Waals surface area contributed by atoms with E-state index in [1.807, 2.05) is 0 Å². The second-order valence-corrected chi connectivity index (χ2v) is 8.50. The molecule has 2 atom stereocenters. The van der Waals surface area contributed by atoms with E-state index in [0.717, 1.165) is 23.3 Å². The Labute approximate surface area is 145 Å². The smallest absolute Gasteiger partial charge is 0.118 e. The average Bonchev–Trinajstić information content (AvgIpc) is 2.99. The molecule has 0 bridgehead atoms. The lowest BCUT2D eigenvalue weighted by molar-refractivity contribution is -0.0707. The molecule has 1 aliphatic heterocycles. The van der Waals surface area contributed by atoms with Gasteiger partial charge in [0.15, 0.2) is 0 Å². The number of rotatable bonds is 2. The van der Waals surface area contributed by atoms with Crippen LogP contribution in [0.3, 0.4) is 0 Å². The summed E-state index contributed by atoms with van der Waals surface area (Å²) in [6.07, 6.45) is 6.32. The highest BCUT2D eigenvalue weighted by atomic mass is 15.5. The summed E-state index contributed by atoms with van der Waals surface area (Å²) in [4.78, 5) is 2.74. The highest BCUT2D eigenvalue weighted by Gasteiger charge is 2.46. The standard InChI is InChI=1S/C20H30N4/c1-15-8-10-23(11-9-15)20(13-16(2)12-17(3)14-20)24-19-7-5-4-6-18(19)21-22-24/h4-7,15-17H,8-14H2,1-3H3. The zero-order chi connectivity index (χ0) is 16.7. The van der Waals surface area contributed by atoms with Gasteiger partial charge < -0.3 is 0 Å². The Hall–Kier alpha value is -1.42. The van der Waals surface area contributed by atoms with E-state index in [4.69, 9.17) is 0 Å². The summed E-state index contributed by atoms with van der Waals surface area (Å²) in [7, 11) is 0. The third-order valence-corrected chi connectivity index (χ3v) is 6.27. The van der Waals surface area contributed by atoms with E-state index in [2.05, 4.69) is 64.9 Å². The van der Waals surface area contributed by atoms with Crippen molar-refractivity contribution in [1.82, 2.24) is 19.9 Å². The van der Waals surface area contributed by atoms with E-state index in [1.165, 1.54) is 50.7 Å². The quantitative estimate of drug-likeness (QED) is 0.826. The third-order valence-electron chi connectivity index (χ3n) is 6.27. The van der Waals surface area contributed by atoms with Crippen molar-refractivity contribution in [3.05, 3.63) is 24.3 Å². The molecule has 0 amide bonds. The van der Waals surface area contributed by atoms with Gasteiger partial charge in [0.25, 0.3) is 0 Å². The van der Waals surface area contributed by atoms with Crippen molar-refractivity contribution in [2.45, 2.75) is 58.5 Å². The van der Waals surface area contributed by atoms with Crippen LogP contribution in [0.4, 0.5) is 0 Å². The normalized spacial score (nSPS) is 33.1. The second-order valence-electron chi connectivity index (χ2n) is 8.50. The van der Waals surface area contributed by atoms with Gasteiger partial charge in [-0.2, -0.15) is 0 Å². The fourth-order valence-corrected chi connectivity index (χ4v) is 5.22. The number of nitrogens with zero attached hydrogens (tertiary/aromatic N) is 4. The molecule has 4 heteroatoms. The minimum atomic E-state index is 0.00727. The van der Waals surface area contributed by atoms with E-state index in [9.17, 15) is 0 Å². The minimum absolute atomic E-state index is 0.00727. The molecule has 2 aromatic rings. The van der Waals surface area contributed by atoms with E-state index in [-0.39, 0.29) is 5.66 Å². The van der Waals surface area contributed by atoms with Gasteiger partial charge in [-0.25, -0.2) is 4.68 Å². The maximum Gasteiger partial charge on any atom is 0.118 e. The number of hydrogen-bond acceptors (Lipinski definition) is 3. The van der Waals surface area contributed by atoms with Crippen molar-refractivity contribution in [1.29, 1.82) is 0 Å². The van der Waals surface area contributed by atoms with Crippen molar-refractivity contribution in [3.63, 3.8) is 0 Å². The first-order valence-corrected chi connectivity index (χ1v) is 9.64. The zero-order valence-electron chi connectivity index (χ0n) is 15.3. The lowest BCUT2D eigenvalue weighted by Gasteiger charge is -2.51. The summed E-state index contributed by atoms with van der Waals surface area (Å²) in [6.45, 7) is 9.59. The lowest BCUT2D eigenvalue weighted by atomic mass is 9.74. The fourth-order valence-electron chi connectivity index (χ4n) is 5.22. The number of hydrogen-bond donors (Lipinski definition) is 0. The van der Waals surface area contributed by atoms with Crippen molar-refractivity contribution in [2.75, 3.05) is 13.1 Å². The van der Waals surface area contributed by atoms with E-state index < -0.39 is 0 Å². The second kappa shape index (κ2) is 6.14. The molecule has 1 aliphatic carbocycles. The fraction of sp³-hybridized carbons (Fsp3) is 0.700. The average molecular weight is 326 g/mol. The maximum atomic E-state index is 4.68. The molecule has 24 heavy (non-hydrogen) atoms. The predicted octanol–water partition coefficient (Wildman–Crippen LogP) is 4.27. The van der Waals surface area contributed by atoms with Crippen LogP contribution in [0.25, 0.3) is 11.0 Å². The Morgan fingerprint density at radius 2 is 1.62 bits per heavy atom. The van der Waals surface area contributed by atoms with Crippen LogP contribution in [0.5, 0.6) is 0 Å². The van der Waals surface area contributed by atoms with Crippen LogP contribution in [-0.2, 0) is 5.66 Å². The Morgan fingerprint density at radius 3 is 2.33 bits per heavy atom. The van der Waals surface area contributed by atoms with Gasteiger partial charge in [-0.05, 0) is 62.0 Å². The van der Waals surface area contributed by atoms with Crippen LogP contribution in [0.1, 0.15) is 52.9 Å². The lowest BCUT2D eigenvalue weighted by Crippen LogP contribution is -2.57. The first-order valence-electron chi connectivity index (χ1n) is 9.64. The molecular formula is C20H30N4. The minimum Gasteiger partial charge on any atom is -0.279 e. The number of para-hydroxylation sites is 1. The summed E-state index contributed by atoms with van der Waals surface area (Å²) in [5.41, 5.74) is 2.22. The monoisotopic (exact) mass is 326 g/mol. The van der Waals surface area contributed by atoms with Gasteiger partial charge in [-0.1, -0.05) is 38.1 Å². The highest BCUT2D eigenvalue weighted by molar-refractivity contribution is 5.74. The first-order chi connectivity index (χ1) is 11.6. The number of piperidine rings is 1. The summed E-state index contributed by atoms with van der Waals surface area (Å²) in [5.74, 6) is 2.32. The Bertz CT molecular complexity index is 688. The predicted molar refractivity (Wildman–Crippen MR) is 97.7 cm³/mol. The van der Waals surface area contributed by atoms with Crippen LogP contribution < -0.4 is 0 Å². The number of benzene rings is 1. The molecule has 1 saturated heterocycles. The first kappa shape index (κ1) is 16.1. The number of aromatic nitrogens is 3. The van der Waals surface area contributed by atoms with Crippen molar-refractivity contribution in [2.24, 2.45) is 17.8 Å². The molecule has 2 aliphatic rings. The van der Waals surface area contributed by atoms with Gasteiger partial charge in [0.05, 0.1) is 5.52 Å². The topological polar surface area (TPSA) is 34.0 Å². The maximum absolute atomic E-state index is 4.68. The SMILES string of the molecule is CC1CCN(C2(n3nnc4ccccc43)CC(C)CC(C)C2)CC1. The molecule has 4 nitrogen and oxygen atoms in total. The van der Waals surface area contributed by atoms with Gasteiger partial charge in [0.2, 0.25) is 0 Å². The Morgan fingerprint density at radius 1 is 0.958 bits per heavy atom. The molecule has 0 radical (unpaired) electrons. The largest absolute Gasteiger partial charge is 0.279 e. The van der Waals surface area contributed by atoms with Crippen molar-refractivity contribution >= 4 is 11.0 Å². The van der Waals surface area contributed by atoms with Crippen LogP contribution >= 0.6 is 0 Å². The van der Waals surface area contributed by atoms with E-state index in [0.29, 0.717) is 0 Å². The molecular weight excluding hydrogens is 296 g/mol. The molecule has 4 rings (SSSR count). The van der Waals surface area contributed by atoms with Crippen LogP contribution in [0.15, 0.2) is 24.3 Å². The molecule has 2 unspecified atom stereocenters. The summed E-state index contributed by atoms with van der Waals surface area (Å²) >= 11 is 0. The van der Waals surface area contributed by atoms with Gasteiger partial charge in [-0.15, -0.1) is 5.10 Å². The van der Waals surface area contributed by atoms with Gasteiger partial charge in [0, 0.05) is 13.1 Å². The molecule has 2 fully saturated rings.